The van der Waals surface area contributed by atoms with Crippen LogP contribution in [0.1, 0.15) is 11.1 Å². The fourth-order valence-electron chi connectivity index (χ4n) is 1.74. The molecule has 1 N–H and O–H groups in total. The number of hydrogen-bond donors (Lipinski definition) is 1. The van der Waals surface area contributed by atoms with Gasteiger partial charge in [-0.1, -0.05) is 24.3 Å². The van der Waals surface area contributed by atoms with Crippen molar-refractivity contribution in [3.63, 3.8) is 0 Å². The first-order valence-electron chi connectivity index (χ1n) is 4.34. The van der Waals surface area contributed by atoms with Crippen LogP contribution in [-0.4, -0.2) is 18.6 Å². The molecule has 1 heterocycles. The van der Waals surface area contributed by atoms with E-state index in [2.05, 4.69) is 34.5 Å². The lowest BCUT2D eigenvalue weighted by atomic mass is 10.1. The highest BCUT2D eigenvalue weighted by Gasteiger charge is 2.16. The zero-order valence-electron chi connectivity index (χ0n) is 7.38. The Balaban J connectivity index is 2.11. The summed E-state index contributed by atoms with van der Waals surface area (Å²) < 4.78 is 0. The Morgan fingerprint density at radius 2 is 1.83 bits per heavy atom. The van der Waals surface area contributed by atoms with Gasteiger partial charge in [0.05, 0.1) is 0 Å². The molecule has 2 nitrogen and oxygen atoms in total. The van der Waals surface area contributed by atoms with Crippen LogP contribution in [0.2, 0.25) is 0 Å². The van der Waals surface area contributed by atoms with E-state index in [0.29, 0.717) is 0 Å². The lowest BCUT2D eigenvalue weighted by molar-refractivity contribution is 0.269. The van der Waals surface area contributed by atoms with Gasteiger partial charge < -0.3 is 5.32 Å². The van der Waals surface area contributed by atoms with Gasteiger partial charge in [0.15, 0.2) is 0 Å². The standard InChI is InChI=1S/C10H14N2/c1-11-8-12-6-9-4-2-3-5-10(9)7-12/h2-5,11H,6-8H2,1H3. The van der Waals surface area contributed by atoms with E-state index in [-0.39, 0.29) is 0 Å². The zero-order chi connectivity index (χ0) is 8.39. The van der Waals surface area contributed by atoms with Gasteiger partial charge in [0.2, 0.25) is 0 Å². The van der Waals surface area contributed by atoms with E-state index < -0.39 is 0 Å². The van der Waals surface area contributed by atoms with Crippen molar-refractivity contribution in [3.8, 4) is 0 Å². The number of benzene rings is 1. The second kappa shape index (κ2) is 3.25. The Kier molecular flexibility index (Phi) is 2.11. The lowest BCUT2D eigenvalue weighted by Gasteiger charge is -2.12. The van der Waals surface area contributed by atoms with E-state index in [4.69, 9.17) is 0 Å². The van der Waals surface area contributed by atoms with Gasteiger partial charge in [-0.2, -0.15) is 0 Å². The molecule has 0 amide bonds. The first-order valence-corrected chi connectivity index (χ1v) is 4.34. The highest BCUT2D eigenvalue weighted by molar-refractivity contribution is 5.29. The molecule has 0 bridgehead atoms. The van der Waals surface area contributed by atoms with Gasteiger partial charge >= 0.3 is 0 Å². The molecule has 1 aromatic rings. The summed E-state index contributed by atoms with van der Waals surface area (Å²) in [7, 11) is 1.99. The molecule has 64 valence electrons. The van der Waals surface area contributed by atoms with E-state index in [1.807, 2.05) is 7.05 Å². The van der Waals surface area contributed by atoms with Crippen molar-refractivity contribution in [2.75, 3.05) is 13.7 Å². The molecule has 12 heavy (non-hydrogen) atoms. The predicted octanol–water partition coefficient (Wildman–Crippen LogP) is 1.18. The van der Waals surface area contributed by atoms with Crippen LogP contribution in [0.15, 0.2) is 24.3 Å². The minimum absolute atomic E-state index is 0.981. The van der Waals surface area contributed by atoms with Crippen molar-refractivity contribution in [1.82, 2.24) is 10.2 Å². The van der Waals surface area contributed by atoms with Gasteiger partial charge in [-0.15, -0.1) is 0 Å². The van der Waals surface area contributed by atoms with Crippen LogP contribution in [0.4, 0.5) is 0 Å². The molecule has 1 aromatic carbocycles. The fraction of sp³-hybridized carbons (Fsp3) is 0.400. The molecule has 0 atom stereocenters. The molecule has 2 rings (SSSR count). The summed E-state index contributed by atoms with van der Waals surface area (Å²) in [4.78, 5) is 2.39. The molecular formula is C10H14N2. The monoisotopic (exact) mass is 162 g/mol. The van der Waals surface area contributed by atoms with E-state index in [9.17, 15) is 0 Å². The van der Waals surface area contributed by atoms with Crippen LogP contribution in [0, 0.1) is 0 Å². The summed E-state index contributed by atoms with van der Waals surface area (Å²) >= 11 is 0. The number of nitrogens with one attached hydrogen (secondary N) is 1. The van der Waals surface area contributed by atoms with Crippen LogP contribution in [0.5, 0.6) is 0 Å². The maximum absolute atomic E-state index is 3.17. The first kappa shape index (κ1) is 7.77. The smallest absolute Gasteiger partial charge is 0.0484 e. The highest BCUT2D eigenvalue weighted by Crippen LogP contribution is 2.20. The van der Waals surface area contributed by atoms with Gasteiger partial charge in [-0.25, -0.2) is 0 Å². The SMILES string of the molecule is CNCN1Cc2ccccc2C1. The van der Waals surface area contributed by atoms with Crippen molar-refractivity contribution in [2.45, 2.75) is 13.1 Å². The third-order valence-corrected chi connectivity index (χ3v) is 2.29. The molecular weight excluding hydrogens is 148 g/mol. The number of rotatable bonds is 2. The van der Waals surface area contributed by atoms with Crippen molar-refractivity contribution in [3.05, 3.63) is 35.4 Å². The van der Waals surface area contributed by atoms with Crippen LogP contribution >= 0.6 is 0 Å². The van der Waals surface area contributed by atoms with E-state index in [0.717, 1.165) is 19.8 Å². The van der Waals surface area contributed by atoms with E-state index >= 15 is 0 Å². The molecule has 0 aromatic heterocycles. The van der Waals surface area contributed by atoms with Crippen LogP contribution in [-0.2, 0) is 13.1 Å². The zero-order valence-corrected chi connectivity index (χ0v) is 7.38. The minimum atomic E-state index is 0.981. The molecule has 0 radical (unpaired) electrons. The number of fused-ring (bicyclic) bond motifs is 1. The molecule has 1 aliphatic heterocycles. The third kappa shape index (κ3) is 1.36. The summed E-state index contributed by atoms with van der Waals surface area (Å²) in [5.41, 5.74) is 2.96. The van der Waals surface area contributed by atoms with Gasteiger partial charge in [0, 0.05) is 19.8 Å². The van der Waals surface area contributed by atoms with Crippen LogP contribution in [0.25, 0.3) is 0 Å². The van der Waals surface area contributed by atoms with Crippen molar-refractivity contribution < 1.29 is 0 Å². The van der Waals surface area contributed by atoms with Crippen LogP contribution in [0.3, 0.4) is 0 Å². The molecule has 0 fully saturated rings. The Morgan fingerprint density at radius 3 is 2.33 bits per heavy atom. The average molecular weight is 162 g/mol. The molecule has 0 saturated carbocycles. The fourth-order valence-corrected chi connectivity index (χ4v) is 1.74. The quantitative estimate of drug-likeness (QED) is 0.702. The second-order valence-corrected chi connectivity index (χ2v) is 3.27. The normalized spacial score (nSPS) is 16.4. The number of nitrogens with zero attached hydrogens (tertiary/aromatic N) is 1. The minimum Gasteiger partial charge on any atom is -0.307 e. The largest absolute Gasteiger partial charge is 0.307 e. The molecule has 0 spiro atoms. The summed E-state index contributed by atoms with van der Waals surface area (Å²) in [5, 5.41) is 3.17. The van der Waals surface area contributed by atoms with Gasteiger partial charge in [-0.05, 0) is 18.2 Å². The Labute approximate surface area is 73.2 Å². The molecule has 0 saturated heterocycles. The molecule has 0 unspecified atom stereocenters. The van der Waals surface area contributed by atoms with Crippen LogP contribution < -0.4 is 5.32 Å². The molecule has 1 aliphatic rings. The summed E-state index contributed by atoms with van der Waals surface area (Å²) in [6, 6.07) is 8.65. The Bertz CT molecular complexity index is 245. The Morgan fingerprint density at radius 1 is 1.25 bits per heavy atom. The van der Waals surface area contributed by atoms with Crippen molar-refractivity contribution in [1.29, 1.82) is 0 Å². The lowest BCUT2D eigenvalue weighted by Crippen LogP contribution is -2.27. The molecule has 0 aliphatic carbocycles. The van der Waals surface area contributed by atoms with Crippen molar-refractivity contribution >= 4 is 0 Å². The maximum atomic E-state index is 3.17. The number of hydrogen-bond acceptors (Lipinski definition) is 2. The summed E-state index contributed by atoms with van der Waals surface area (Å²) in [5.74, 6) is 0. The van der Waals surface area contributed by atoms with Gasteiger partial charge in [0.25, 0.3) is 0 Å². The topological polar surface area (TPSA) is 15.3 Å². The third-order valence-electron chi connectivity index (χ3n) is 2.29. The Hall–Kier alpha value is -0.860. The highest BCUT2D eigenvalue weighted by atomic mass is 15.2. The molecule has 2 heteroatoms. The van der Waals surface area contributed by atoms with Gasteiger partial charge in [-0.3, -0.25) is 4.90 Å². The van der Waals surface area contributed by atoms with Crippen molar-refractivity contribution in [2.24, 2.45) is 0 Å². The predicted molar refractivity (Wildman–Crippen MR) is 49.6 cm³/mol. The second-order valence-electron chi connectivity index (χ2n) is 3.27. The van der Waals surface area contributed by atoms with E-state index in [1.54, 1.807) is 0 Å². The van der Waals surface area contributed by atoms with E-state index in [1.165, 1.54) is 11.1 Å². The summed E-state index contributed by atoms with van der Waals surface area (Å²) in [6.07, 6.45) is 0. The average Bonchev–Trinajstić information content (AvgIpc) is 2.47. The summed E-state index contributed by atoms with van der Waals surface area (Å²) in [6.45, 7) is 3.17. The maximum Gasteiger partial charge on any atom is 0.0484 e. The van der Waals surface area contributed by atoms with Gasteiger partial charge in [0.1, 0.15) is 0 Å². The first-order chi connectivity index (χ1) is 5.90.